The van der Waals surface area contributed by atoms with E-state index in [0.29, 0.717) is 5.92 Å². The Labute approximate surface area is 171 Å². The van der Waals surface area contributed by atoms with Crippen LogP contribution in [0.25, 0.3) is 0 Å². The third-order valence-electron chi connectivity index (χ3n) is 5.41. The minimum Gasteiger partial charge on any atom is -0.325 e. The van der Waals surface area contributed by atoms with Crippen LogP contribution in [0.1, 0.15) is 38.2 Å². The van der Waals surface area contributed by atoms with Crippen LogP contribution in [-0.2, 0) is 19.4 Å². The Morgan fingerprint density at radius 3 is 2.52 bits per heavy atom. The van der Waals surface area contributed by atoms with Gasteiger partial charge in [0.2, 0.25) is 11.8 Å². The number of rotatable bonds is 6. The summed E-state index contributed by atoms with van der Waals surface area (Å²) in [5, 5.41) is 2.70. The average Bonchev–Trinajstić information content (AvgIpc) is 3.08. The zero-order chi connectivity index (χ0) is 21.2. The van der Waals surface area contributed by atoms with Gasteiger partial charge in [-0.15, -0.1) is 0 Å². The summed E-state index contributed by atoms with van der Waals surface area (Å²) in [6.07, 6.45) is 2.15. The van der Waals surface area contributed by atoms with Crippen LogP contribution in [0.4, 0.5) is 11.4 Å². The second-order valence-corrected chi connectivity index (χ2v) is 9.52. The van der Waals surface area contributed by atoms with Crippen molar-refractivity contribution < 1.29 is 18.0 Å². The Balaban J connectivity index is 1.81. The molecule has 7 heteroatoms. The van der Waals surface area contributed by atoms with Crippen molar-refractivity contribution in [3.63, 3.8) is 0 Å². The highest BCUT2D eigenvalue weighted by Crippen LogP contribution is 2.34. The van der Waals surface area contributed by atoms with Crippen LogP contribution in [0.5, 0.6) is 0 Å². The van der Waals surface area contributed by atoms with Crippen LogP contribution >= 0.6 is 0 Å². The van der Waals surface area contributed by atoms with Crippen LogP contribution in [0.15, 0.2) is 53.4 Å². The molecule has 2 atom stereocenters. The molecule has 29 heavy (non-hydrogen) atoms. The van der Waals surface area contributed by atoms with E-state index in [2.05, 4.69) is 19.2 Å². The molecule has 6 nitrogen and oxygen atoms in total. The molecule has 2 aromatic carbocycles. The lowest BCUT2D eigenvalue weighted by molar-refractivity contribution is -0.122. The van der Waals surface area contributed by atoms with Crippen molar-refractivity contribution in [3.05, 3.63) is 54.1 Å². The molecule has 0 saturated carbocycles. The maximum absolute atomic E-state index is 12.8. The maximum Gasteiger partial charge on any atom is 0.229 e. The number of nitrogens with one attached hydrogen (secondary N) is 1. The Kier molecular flexibility index (Phi) is 6.07. The summed E-state index contributed by atoms with van der Waals surface area (Å²) in [4.78, 5) is 27.2. The molecule has 1 aliphatic heterocycles. The fourth-order valence-electron chi connectivity index (χ4n) is 3.61. The number of carbonyl (C=O) groups is 2. The van der Waals surface area contributed by atoms with Crippen LogP contribution in [0.3, 0.4) is 0 Å². The van der Waals surface area contributed by atoms with Crippen molar-refractivity contribution in [1.82, 2.24) is 0 Å². The van der Waals surface area contributed by atoms with Crippen molar-refractivity contribution in [1.29, 1.82) is 0 Å². The van der Waals surface area contributed by atoms with Crippen LogP contribution < -0.4 is 10.2 Å². The van der Waals surface area contributed by atoms with Crippen LogP contribution in [0, 0.1) is 5.92 Å². The van der Waals surface area contributed by atoms with Gasteiger partial charge in [0.15, 0.2) is 9.84 Å². The molecule has 0 spiro atoms. The summed E-state index contributed by atoms with van der Waals surface area (Å²) in [5.41, 5.74) is 2.18. The van der Waals surface area contributed by atoms with E-state index in [9.17, 15) is 18.0 Å². The fraction of sp³-hybridized carbons (Fsp3) is 0.364. The minimum atomic E-state index is -3.48. The molecular formula is C22H26N2O4S. The van der Waals surface area contributed by atoms with E-state index in [-0.39, 0.29) is 35.4 Å². The highest BCUT2D eigenvalue weighted by Gasteiger charge is 2.36. The molecule has 2 aromatic rings. The molecule has 2 unspecified atom stereocenters. The quantitative estimate of drug-likeness (QED) is 0.783. The van der Waals surface area contributed by atoms with E-state index < -0.39 is 15.8 Å². The predicted octanol–water partition coefficient (Wildman–Crippen LogP) is 3.60. The molecule has 1 N–H and O–H groups in total. The highest BCUT2D eigenvalue weighted by atomic mass is 32.2. The van der Waals surface area contributed by atoms with Gasteiger partial charge in [-0.3, -0.25) is 9.59 Å². The second kappa shape index (κ2) is 8.37. The third kappa shape index (κ3) is 4.50. The van der Waals surface area contributed by atoms with E-state index >= 15 is 0 Å². The van der Waals surface area contributed by atoms with Gasteiger partial charge < -0.3 is 10.2 Å². The first-order valence-electron chi connectivity index (χ1n) is 9.71. The van der Waals surface area contributed by atoms with Gasteiger partial charge in [0.1, 0.15) is 0 Å². The van der Waals surface area contributed by atoms with Gasteiger partial charge in [-0.25, -0.2) is 8.42 Å². The third-order valence-corrected chi connectivity index (χ3v) is 6.57. The molecule has 1 saturated heterocycles. The van der Waals surface area contributed by atoms with Crippen molar-refractivity contribution in [2.24, 2.45) is 5.92 Å². The van der Waals surface area contributed by atoms with Crippen molar-refractivity contribution >= 4 is 33.0 Å². The van der Waals surface area contributed by atoms with Gasteiger partial charge in [0.05, 0.1) is 16.5 Å². The fourth-order valence-corrected chi connectivity index (χ4v) is 4.46. The Morgan fingerprint density at radius 2 is 1.83 bits per heavy atom. The van der Waals surface area contributed by atoms with E-state index in [1.807, 2.05) is 24.3 Å². The lowest BCUT2D eigenvalue weighted by Crippen LogP contribution is -2.29. The number of benzene rings is 2. The van der Waals surface area contributed by atoms with Crippen molar-refractivity contribution in [2.45, 2.75) is 37.5 Å². The van der Waals surface area contributed by atoms with Crippen molar-refractivity contribution in [3.8, 4) is 0 Å². The Morgan fingerprint density at radius 1 is 1.17 bits per heavy atom. The summed E-state index contributed by atoms with van der Waals surface area (Å²) in [6, 6.07) is 14.1. The smallest absolute Gasteiger partial charge is 0.229 e. The maximum atomic E-state index is 12.8. The summed E-state index contributed by atoms with van der Waals surface area (Å²) in [6.45, 7) is 4.49. The summed E-state index contributed by atoms with van der Waals surface area (Å²) in [7, 11) is -3.48. The van der Waals surface area contributed by atoms with E-state index in [4.69, 9.17) is 0 Å². The molecule has 0 aromatic heterocycles. The second-order valence-electron chi connectivity index (χ2n) is 7.53. The number of para-hydroxylation sites is 2. The predicted molar refractivity (Wildman–Crippen MR) is 114 cm³/mol. The van der Waals surface area contributed by atoms with E-state index in [0.717, 1.165) is 23.9 Å². The number of carbonyl (C=O) groups excluding carboxylic acids is 2. The number of sulfone groups is 1. The van der Waals surface area contributed by atoms with Crippen molar-refractivity contribution in [2.75, 3.05) is 23.0 Å². The number of hydrogen-bond donors (Lipinski definition) is 1. The molecule has 0 bridgehead atoms. The highest BCUT2D eigenvalue weighted by molar-refractivity contribution is 7.90. The minimum absolute atomic E-state index is 0.0663. The standard InChI is InChI=1S/C22H26N2O4S/c1-4-15(2)17-9-5-7-11-19(17)24-14-16(13-21(24)25)22(26)23-18-10-6-8-12-20(18)29(3,27)28/h5-12,15-16H,4,13-14H2,1-3H3,(H,23,26). The zero-order valence-electron chi connectivity index (χ0n) is 16.9. The lowest BCUT2D eigenvalue weighted by Gasteiger charge is -2.23. The van der Waals surface area contributed by atoms with Gasteiger partial charge in [-0.05, 0) is 36.1 Å². The lowest BCUT2D eigenvalue weighted by atomic mass is 9.96. The number of amides is 2. The molecule has 154 valence electrons. The first kappa shape index (κ1) is 21.0. The molecule has 1 fully saturated rings. The van der Waals surface area contributed by atoms with Gasteiger partial charge in [-0.2, -0.15) is 0 Å². The molecule has 1 aliphatic rings. The van der Waals surface area contributed by atoms with E-state index in [1.165, 1.54) is 6.07 Å². The van der Waals surface area contributed by atoms with Crippen LogP contribution in [-0.4, -0.2) is 33.0 Å². The summed E-state index contributed by atoms with van der Waals surface area (Å²) < 4.78 is 23.9. The number of hydrogen-bond acceptors (Lipinski definition) is 4. The zero-order valence-corrected chi connectivity index (χ0v) is 17.7. The molecule has 0 aliphatic carbocycles. The summed E-state index contributed by atoms with van der Waals surface area (Å²) >= 11 is 0. The normalized spacial score (nSPS) is 18.0. The first-order chi connectivity index (χ1) is 13.7. The Bertz CT molecular complexity index is 1030. The first-order valence-corrected chi connectivity index (χ1v) is 11.6. The van der Waals surface area contributed by atoms with Crippen LogP contribution in [0.2, 0.25) is 0 Å². The van der Waals surface area contributed by atoms with Gasteiger partial charge in [0, 0.05) is 24.9 Å². The van der Waals surface area contributed by atoms with Gasteiger partial charge in [0.25, 0.3) is 0 Å². The SMILES string of the molecule is CCC(C)c1ccccc1N1CC(C(=O)Nc2ccccc2S(C)(=O)=O)CC1=O. The summed E-state index contributed by atoms with van der Waals surface area (Å²) in [5.74, 6) is -0.691. The molecular weight excluding hydrogens is 388 g/mol. The monoisotopic (exact) mass is 414 g/mol. The van der Waals surface area contributed by atoms with Gasteiger partial charge >= 0.3 is 0 Å². The number of nitrogens with zero attached hydrogens (tertiary/aromatic N) is 1. The average molecular weight is 415 g/mol. The Hall–Kier alpha value is -2.67. The van der Waals surface area contributed by atoms with Gasteiger partial charge in [-0.1, -0.05) is 44.2 Å². The topological polar surface area (TPSA) is 83.6 Å². The van der Waals surface area contributed by atoms with E-state index in [1.54, 1.807) is 23.1 Å². The molecule has 1 heterocycles. The molecule has 2 amide bonds. The molecule has 0 radical (unpaired) electrons. The number of anilines is 2. The molecule has 3 rings (SSSR count). The largest absolute Gasteiger partial charge is 0.325 e.